The number of hydrogen-bond acceptors (Lipinski definition) is 2. The Morgan fingerprint density at radius 3 is 1.90 bits per heavy atom. The number of carboxylic acids is 1. The Morgan fingerprint density at radius 1 is 1.05 bits per heavy atom. The Kier molecular flexibility index (Phi) is 6.50. The highest BCUT2D eigenvalue weighted by atomic mass is 16.4. The van der Waals surface area contributed by atoms with Gasteiger partial charge in [-0.3, -0.25) is 9.59 Å². The number of carbonyl (C=O) groups excluding carboxylic acids is 1. The summed E-state index contributed by atoms with van der Waals surface area (Å²) in [7, 11) is 0. The second-order valence-corrected chi connectivity index (χ2v) is 6.10. The molecule has 0 aromatic heterocycles. The Labute approximate surface area is 122 Å². The molecule has 0 aliphatic heterocycles. The van der Waals surface area contributed by atoms with E-state index in [0.29, 0.717) is 6.42 Å². The van der Waals surface area contributed by atoms with E-state index in [-0.39, 0.29) is 23.9 Å². The van der Waals surface area contributed by atoms with Gasteiger partial charge in [0.2, 0.25) is 5.91 Å². The fourth-order valence-corrected chi connectivity index (χ4v) is 3.18. The van der Waals surface area contributed by atoms with Crippen LogP contribution in [0.2, 0.25) is 0 Å². The maximum atomic E-state index is 12.9. The Balaban J connectivity index is 2.94. The molecule has 0 saturated heterocycles. The van der Waals surface area contributed by atoms with Crippen LogP contribution in [0.15, 0.2) is 0 Å². The third-order valence-electron chi connectivity index (χ3n) is 4.79. The first kappa shape index (κ1) is 17.0. The molecule has 0 unspecified atom stereocenters. The number of rotatable bonds is 6. The molecule has 1 aliphatic rings. The van der Waals surface area contributed by atoms with Gasteiger partial charge in [0.05, 0.1) is 11.8 Å². The molecule has 0 heterocycles. The molecule has 0 aromatic rings. The first-order valence-corrected chi connectivity index (χ1v) is 7.98. The van der Waals surface area contributed by atoms with Gasteiger partial charge in [-0.25, -0.2) is 0 Å². The van der Waals surface area contributed by atoms with E-state index in [2.05, 4.69) is 27.7 Å². The van der Waals surface area contributed by atoms with Crippen LogP contribution in [0, 0.1) is 11.8 Å². The summed E-state index contributed by atoms with van der Waals surface area (Å²) in [6.07, 6.45) is 5.06. The average Bonchev–Trinajstić information content (AvgIpc) is 2.46. The monoisotopic (exact) mass is 283 g/mol. The molecule has 1 saturated carbocycles. The molecule has 0 bridgehead atoms. The largest absolute Gasteiger partial charge is 0.481 e. The molecule has 4 nitrogen and oxygen atoms in total. The van der Waals surface area contributed by atoms with Crippen LogP contribution in [-0.2, 0) is 9.59 Å². The molecular weight excluding hydrogens is 254 g/mol. The van der Waals surface area contributed by atoms with Gasteiger partial charge in [-0.05, 0) is 39.5 Å². The number of nitrogens with zero attached hydrogens (tertiary/aromatic N) is 1. The van der Waals surface area contributed by atoms with Crippen molar-refractivity contribution >= 4 is 11.9 Å². The van der Waals surface area contributed by atoms with E-state index in [1.54, 1.807) is 0 Å². The van der Waals surface area contributed by atoms with E-state index in [1.807, 2.05) is 4.90 Å². The van der Waals surface area contributed by atoms with E-state index < -0.39 is 11.9 Å². The van der Waals surface area contributed by atoms with Crippen molar-refractivity contribution in [3.63, 3.8) is 0 Å². The van der Waals surface area contributed by atoms with Gasteiger partial charge in [-0.15, -0.1) is 0 Å². The molecular formula is C16H29NO3. The van der Waals surface area contributed by atoms with Crippen molar-refractivity contribution in [1.29, 1.82) is 0 Å². The smallest absolute Gasteiger partial charge is 0.307 e. The topological polar surface area (TPSA) is 57.6 Å². The van der Waals surface area contributed by atoms with Gasteiger partial charge in [0.25, 0.3) is 0 Å². The maximum absolute atomic E-state index is 12.9. The molecule has 1 aliphatic carbocycles. The van der Waals surface area contributed by atoms with Gasteiger partial charge in [-0.2, -0.15) is 0 Å². The standard InChI is InChI=1S/C16H29NO3/c1-5-11(3)17(12(4)6-2)15(18)13-9-7-8-10-14(13)16(19)20/h11-14H,5-10H2,1-4H3,(H,19,20)/t11-,12+,13-,14+/m1/s1. The normalized spacial score (nSPS) is 25.8. The average molecular weight is 283 g/mol. The van der Waals surface area contributed by atoms with E-state index in [4.69, 9.17) is 0 Å². The van der Waals surface area contributed by atoms with Crippen LogP contribution < -0.4 is 0 Å². The number of hydrogen-bond donors (Lipinski definition) is 1. The highest BCUT2D eigenvalue weighted by Gasteiger charge is 2.39. The summed E-state index contributed by atoms with van der Waals surface area (Å²) in [5.41, 5.74) is 0. The highest BCUT2D eigenvalue weighted by molar-refractivity contribution is 5.85. The quantitative estimate of drug-likeness (QED) is 0.813. The van der Waals surface area contributed by atoms with Crippen molar-refractivity contribution in [2.45, 2.75) is 78.3 Å². The first-order valence-electron chi connectivity index (χ1n) is 7.98. The molecule has 0 radical (unpaired) electrons. The van der Waals surface area contributed by atoms with Gasteiger partial charge in [-0.1, -0.05) is 26.7 Å². The molecule has 4 heteroatoms. The van der Waals surface area contributed by atoms with E-state index >= 15 is 0 Å². The van der Waals surface area contributed by atoms with E-state index in [1.165, 1.54) is 0 Å². The van der Waals surface area contributed by atoms with Crippen LogP contribution in [0.3, 0.4) is 0 Å². The van der Waals surface area contributed by atoms with Crippen molar-refractivity contribution in [3.05, 3.63) is 0 Å². The van der Waals surface area contributed by atoms with Gasteiger partial charge in [0.1, 0.15) is 0 Å². The third kappa shape index (κ3) is 3.74. The molecule has 0 aromatic carbocycles. The molecule has 1 N–H and O–H groups in total. The summed E-state index contributed by atoms with van der Waals surface area (Å²) >= 11 is 0. The molecule has 4 atom stereocenters. The molecule has 116 valence electrons. The summed E-state index contributed by atoms with van der Waals surface area (Å²) in [6, 6.07) is 0.350. The first-order chi connectivity index (χ1) is 9.43. The highest BCUT2D eigenvalue weighted by Crippen LogP contribution is 2.33. The van der Waals surface area contributed by atoms with Crippen molar-refractivity contribution in [3.8, 4) is 0 Å². The van der Waals surface area contributed by atoms with Crippen molar-refractivity contribution in [2.75, 3.05) is 0 Å². The fraction of sp³-hybridized carbons (Fsp3) is 0.875. The van der Waals surface area contributed by atoms with Crippen molar-refractivity contribution in [1.82, 2.24) is 4.90 Å². The molecule has 1 amide bonds. The van der Waals surface area contributed by atoms with Crippen LogP contribution in [0.5, 0.6) is 0 Å². The second-order valence-electron chi connectivity index (χ2n) is 6.10. The van der Waals surface area contributed by atoms with E-state index in [0.717, 1.165) is 32.1 Å². The SMILES string of the molecule is CC[C@@H](C)N(C(=O)[C@@H]1CCCC[C@@H]1C(=O)O)[C@@H](C)CC. The third-order valence-corrected chi connectivity index (χ3v) is 4.79. The summed E-state index contributed by atoms with van der Waals surface area (Å²) in [6.45, 7) is 8.26. The fourth-order valence-electron chi connectivity index (χ4n) is 3.18. The lowest BCUT2D eigenvalue weighted by molar-refractivity contribution is -0.154. The van der Waals surface area contributed by atoms with Crippen LogP contribution in [0.25, 0.3) is 0 Å². The van der Waals surface area contributed by atoms with E-state index in [9.17, 15) is 14.7 Å². The predicted molar refractivity (Wildman–Crippen MR) is 79.4 cm³/mol. The Hall–Kier alpha value is -1.06. The zero-order valence-corrected chi connectivity index (χ0v) is 13.3. The number of amides is 1. The summed E-state index contributed by atoms with van der Waals surface area (Å²) < 4.78 is 0. The van der Waals surface area contributed by atoms with Crippen molar-refractivity contribution in [2.24, 2.45) is 11.8 Å². The minimum atomic E-state index is -0.809. The van der Waals surface area contributed by atoms with Crippen LogP contribution in [0.4, 0.5) is 0 Å². The van der Waals surface area contributed by atoms with Crippen LogP contribution in [-0.4, -0.2) is 34.0 Å². The summed E-state index contributed by atoms with van der Waals surface area (Å²) in [5, 5.41) is 9.36. The zero-order chi connectivity index (χ0) is 15.3. The number of aliphatic carboxylic acids is 1. The second kappa shape index (κ2) is 7.65. The minimum absolute atomic E-state index is 0.0563. The minimum Gasteiger partial charge on any atom is -0.481 e. The number of carbonyl (C=O) groups is 2. The lowest BCUT2D eigenvalue weighted by Crippen LogP contribution is -2.50. The van der Waals surface area contributed by atoms with Gasteiger partial charge in [0.15, 0.2) is 0 Å². The maximum Gasteiger partial charge on any atom is 0.307 e. The van der Waals surface area contributed by atoms with Crippen LogP contribution in [0.1, 0.15) is 66.2 Å². The Morgan fingerprint density at radius 2 is 1.50 bits per heavy atom. The summed E-state index contributed by atoms with van der Waals surface area (Å²) in [4.78, 5) is 26.2. The molecule has 20 heavy (non-hydrogen) atoms. The van der Waals surface area contributed by atoms with Gasteiger partial charge < -0.3 is 10.0 Å². The number of carboxylic acid groups (broad SMARTS) is 1. The molecule has 1 fully saturated rings. The lowest BCUT2D eigenvalue weighted by atomic mass is 9.78. The van der Waals surface area contributed by atoms with Gasteiger partial charge in [0, 0.05) is 12.1 Å². The van der Waals surface area contributed by atoms with Gasteiger partial charge >= 0.3 is 5.97 Å². The van der Waals surface area contributed by atoms with Crippen LogP contribution >= 0.6 is 0 Å². The summed E-state index contributed by atoms with van der Waals surface area (Å²) in [5.74, 6) is -1.58. The lowest BCUT2D eigenvalue weighted by Gasteiger charge is -2.39. The van der Waals surface area contributed by atoms with Crippen molar-refractivity contribution < 1.29 is 14.7 Å². The molecule has 0 spiro atoms. The predicted octanol–water partition coefficient (Wildman–Crippen LogP) is 3.30. The molecule has 1 rings (SSSR count). The zero-order valence-electron chi connectivity index (χ0n) is 13.3. The Bertz CT molecular complexity index is 333.